The average molecular weight is 238 g/mol. The average Bonchev–Trinajstić information content (AvgIpc) is 2.26. The van der Waals surface area contributed by atoms with E-state index in [-0.39, 0.29) is 5.92 Å². The van der Waals surface area contributed by atoms with E-state index in [1.165, 1.54) is 18.4 Å². The molecule has 0 heterocycles. The molecule has 1 aliphatic rings. The van der Waals surface area contributed by atoms with Crippen LogP contribution in [0.15, 0.2) is 12.2 Å². The predicted octanol–water partition coefficient (Wildman–Crippen LogP) is 4.26. The number of rotatable bonds is 6. The van der Waals surface area contributed by atoms with Gasteiger partial charge in [0.2, 0.25) is 0 Å². The van der Waals surface area contributed by atoms with Crippen molar-refractivity contribution in [1.29, 1.82) is 0 Å². The van der Waals surface area contributed by atoms with Gasteiger partial charge < -0.3 is 5.11 Å². The van der Waals surface area contributed by atoms with Crippen molar-refractivity contribution in [3.63, 3.8) is 0 Å². The van der Waals surface area contributed by atoms with Crippen LogP contribution in [0.3, 0.4) is 0 Å². The molecule has 3 atom stereocenters. The maximum absolute atomic E-state index is 11.3. The highest BCUT2D eigenvalue weighted by molar-refractivity contribution is 5.70. The van der Waals surface area contributed by atoms with Crippen molar-refractivity contribution >= 4 is 5.97 Å². The van der Waals surface area contributed by atoms with Gasteiger partial charge in [-0.3, -0.25) is 4.79 Å². The van der Waals surface area contributed by atoms with Crippen molar-refractivity contribution in [1.82, 2.24) is 0 Å². The lowest BCUT2D eigenvalue weighted by Gasteiger charge is -2.34. The molecule has 98 valence electrons. The SMILES string of the molecule is C=C(C)CCC1CC(CCC)CCC1C(=O)O. The summed E-state index contributed by atoms with van der Waals surface area (Å²) in [5.41, 5.74) is 1.17. The first-order valence-electron chi connectivity index (χ1n) is 6.91. The van der Waals surface area contributed by atoms with Gasteiger partial charge in [-0.15, -0.1) is 6.58 Å². The molecule has 1 aliphatic carbocycles. The fourth-order valence-corrected chi connectivity index (χ4v) is 3.11. The van der Waals surface area contributed by atoms with Crippen LogP contribution in [-0.4, -0.2) is 11.1 Å². The Bertz CT molecular complexity index is 270. The molecule has 1 N–H and O–H groups in total. The zero-order chi connectivity index (χ0) is 12.8. The molecule has 0 aromatic carbocycles. The number of hydrogen-bond acceptors (Lipinski definition) is 1. The van der Waals surface area contributed by atoms with E-state index in [9.17, 15) is 9.90 Å². The summed E-state index contributed by atoms with van der Waals surface area (Å²) in [6.45, 7) is 8.16. The molecule has 0 aromatic rings. The Morgan fingerprint density at radius 3 is 2.59 bits per heavy atom. The molecule has 0 bridgehead atoms. The molecule has 1 rings (SSSR count). The number of carboxylic acids is 1. The van der Waals surface area contributed by atoms with Gasteiger partial charge in [0.05, 0.1) is 5.92 Å². The van der Waals surface area contributed by atoms with E-state index in [1.54, 1.807) is 0 Å². The van der Waals surface area contributed by atoms with E-state index in [2.05, 4.69) is 13.5 Å². The highest BCUT2D eigenvalue weighted by atomic mass is 16.4. The second-order valence-corrected chi connectivity index (χ2v) is 5.67. The van der Waals surface area contributed by atoms with Gasteiger partial charge in [-0.1, -0.05) is 25.3 Å². The number of allylic oxidation sites excluding steroid dienone is 1. The highest BCUT2D eigenvalue weighted by Crippen LogP contribution is 2.39. The Labute approximate surface area is 105 Å². The number of aliphatic carboxylic acids is 1. The van der Waals surface area contributed by atoms with Crippen LogP contribution in [0.4, 0.5) is 0 Å². The minimum absolute atomic E-state index is 0.109. The molecule has 0 radical (unpaired) electrons. The van der Waals surface area contributed by atoms with Crippen LogP contribution in [-0.2, 0) is 4.79 Å². The molecular weight excluding hydrogens is 212 g/mol. The third kappa shape index (κ3) is 4.53. The second kappa shape index (κ2) is 6.83. The fourth-order valence-electron chi connectivity index (χ4n) is 3.11. The number of carbonyl (C=O) groups is 1. The third-order valence-electron chi connectivity index (χ3n) is 4.05. The topological polar surface area (TPSA) is 37.3 Å². The summed E-state index contributed by atoms with van der Waals surface area (Å²) in [6.07, 6.45) is 7.55. The summed E-state index contributed by atoms with van der Waals surface area (Å²) in [6, 6.07) is 0. The Hall–Kier alpha value is -0.790. The zero-order valence-corrected chi connectivity index (χ0v) is 11.2. The van der Waals surface area contributed by atoms with Crippen LogP contribution >= 0.6 is 0 Å². The molecule has 0 aliphatic heterocycles. The summed E-state index contributed by atoms with van der Waals surface area (Å²) < 4.78 is 0. The van der Waals surface area contributed by atoms with Crippen LogP contribution in [0.1, 0.15) is 58.8 Å². The van der Waals surface area contributed by atoms with Gasteiger partial charge in [0, 0.05) is 0 Å². The largest absolute Gasteiger partial charge is 0.481 e. The standard InChI is InChI=1S/C15H26O2/c1-4-5-12-7-9-14(15(16)17)13(10-12)8-6-11(2)3/h12-14H,2,4-10H2,1,3H3,(H,16,17). The summed E-state index contributed by atoms with van der Waals surface area (Å²) in [7, 11) is 0. The smallest absolute Gasteiger partial charge is 0.306 e. The van der Waals surface area contributed by atoms with Gasteiger partial charge in [0.25, 0.3) is 0 Å². The molecule has 0 amide bonds. The summed E-state index contributed by atoms with van der Waals surface area (Å²) in [4.78, 5) is 11.3. The van der Waals surface area contributed by atoms with E-state index in [4.69, 9.17) is 0 Å². The minimum Gasteiger partial charge on any atom is -0.481 e. The molecule has 17 heavy (non-hydrogen) atoms. The quantitative estimate of drug-likeness (QED) is 0.702. The molecule has 1 fully saturated rings. The van der Waals surface area contributed by atoms with Crippen molar-refractivity contribution in [2.75, 3.05) is 0 Å². The zero-order valence-electron chi connectivity index (χ0n) is 11.2. The van der Waals surface area contributed by atoms with Crippen LogP contribution < -0.4 is 0 Å². The maximum atomic E-state index is 11.3. The lowest BCUT2D eigenvalue weighted by atomic mass is 9.71. The van der Waals surface area contributed by atoms with Crippen molar-refractivity contribution in [3.05, 3.63) is 12.2 Å². The Kier molecular flexibility index (Phi) is 5.73. The molecule has 3 unspecified atom stereocenters. The predicted molar refractivity (Wildman–Crippen MR) is 70.9 cm³/mol. The summed E-state index contributed by atoms with van der Waals surface area (Å²) in [5.74, 6) is 0.425. The van der Waals surface area contributed by atoms with Crippen molar-refractivity contribution in [3.8, 4) is 0 Å². The summed E-state index contributed by atoms with van der Waals surface area (Å²) >= 11 is 0. The molecule has 0 saturated heterocycles. The van der Waals surface area contributed by atoms with Gasteiger partial charge in [0.1, 0.15) is 0 Å². The second-order valence-electron chi connectivity index (χ2n) is 5.67. The van der Waals surface area contributed by atoms with Gasteiger partial charge in [-0.2, -0.15) is 0 Å². The van der Waals surface area contributed by atoms with Gasteiger partial charge in [0.15, 0.2) is 0 Å². The van der Waals surface area contributed by atoms with Crippen molar-refractivity contribution in [2.45, 2.75) is 58.8 Å². The van der Waals surface area contributed by atoms with Gasteiger partial charge in [-0.05, 0) is 50.9 Å². The number of hydrogen-bond donors (Lipinski definition) is 1. The number of carboxylic acid groups (broad SMARTS) is 1. The fraction of sp³-hybridized carbons (Fsp3) is 0.800. The minimum atomic E-state index is -0.591. The lowest BCUT2D eigenvalue weighted by molar-refractivity contribution is -0.145. The van der Waals surface area contributed by atoms with Crippen molar-refractivity contribution < 1.29 is 9.90 Å². The first kappa shape index (κ1) is 14.3. The Balaban J connectivity index is 2.55. The van der Waals surface area contributed by atoms with Gasteiger partial charge in [-0.25, -0.2) is 0 Å². The van der Waals surface area contributed by atoms with E-state index >= 15 is 0 Å². The third-order valence-corrected chi connectivity index (χ3v) is 4.05. The summed E-state index contributed by atoms with van der Waals surface area (Å²) in [5, 5.41) is 9.27. The first-order valence-corrected chi connectivity index (χ1v) is 6.91. The molecule has 2 nitrogen and oxygen atoms in total. The monoisotopic (exact) mass is 238 g/mol. The maximum Gasteiger partial charge on any atom is 0.306 e. The molecular formula is C15H26O2. The van der Waals surface area contributed by atoms with Crippen LogP contribution in [0.2, 0.25) is 0 Å². The highest BCUT2D eigenvalue weighted by Gasteiger charge is 2.34. The molecule has 0 spiro atoms. The van der Waals surface area contributed by atoms with E-state index in [0.29, 0.717) is 5.92 Å². The normalized spacial score (nSPS) is 28.9. The molecule has 0 aromatic heterocycles. The van der Waals surface area contributed by atoms with E-state index in [1.807, 2.05) is 6.92 Å². The molecule has 1 saturated carbocycles. The van der Waals surface area contributed by atoms with Crippen molar-refractivity contribution in [2.24, 2.45) is 17.8 Å². The Morgan fingerprint density at radius 2 is 2.06 bits per heavy atom. The van der Waals surface area contributed by atoms with Crippen LogP contribution in [0.5, 0.6) is 0 Å². The van der Waals surface area contributed by atoms with E-state index in [0.717, 1.165) is 38.0 Å². The van der Waals surface area contributed by atoms with Gasteiger partial charge >= 0.3 is 5.97 Å². The first-order chi connectivity index (χ1) is 8.04. The lowest BCUT2D eigenvalue weighted by Crippen LogP contribution is -2.30. The Morgan fingerprint density at radius 1 is 1.35 bits per heavy atom. The van der Waals surface area contributed by atoms with E-state index < -0.39 is 5.97 Å². The molecule has 2 heteroatoms. The van der Waals surface area contributed by atoms with Crippen LogP contribution in [0, 0.1) is 17.8 Å². The van der Waals surface area contributed by atoms with Crippen LogP contribution in [0.25, 0.3) is 0 Å².